The number of rotatable bonds is 5. The fourth-order valence-electron chi connectivity index (χ4n) is 1.71. The molecule has 0 radical (unpaired) electrons. The Morgan fingerprint density at radius 3 is 2.90 bits per heavy atom. The van der Waals surface area contributed by atoms with Crippen LogP contribution in [0.2, 0.25) is 0 Å². The maximum Gasteiger partial charge on any atom is 0.239 e. The van der Waals surface area contributed by atoms with Gasteiger partial charge in [-0.05, 0) is 37.3 Å². The van der Waals surface area contributed by atoms with Crippen LogP contribution in [0.5, 0.6) is 0 Å². The Balaban J connectivity index is 1.86. The minimum atomic E-state index is -0.411. The average Bonchev–Trinajstić information content (AvgIpc) is 2.91. The first-order valence-corrected chi connectivity index (χ1v) is 6.87. The van der Waals surface area contributed by atoms with Gasteiger partial charge in [0.1, 0.15) is 11.6 Å². The van der Waals surface area contributed by atoms with E-state index in [1.165, 1.54) is 6.07 Å². The summed E-state index contributed by atoms with van der Waals surface area (Å²) in [6.07, 6.45) is 1.55. The van der Waals surface area contributed by atoms with E-state index in [4.69, 9.17) is 4.42 Å². The van der Waals surface area contributed by atoms with Crippen molar-refractivity contribution in [3.05, 3.63) is 52.6 Å². The Morgan fingerprint density at radius 1 is 1.45 bits per heavy atom. The molecule has 0 aliphatic rings. The predicted molar refractivity (Wildman–Crippen MR) is 77.9 cm³/mol. The molecule has 2 aromatic rings. The van der Waals surface area contributed by atoms with Crippen LogP contribution in [0.15, 0.2) is 45.5 Å². The highest BCUT2D eigenvalue weighted by molar-refractivity contribution is 9.10. The summed E-state index contributed by atoms with van der Waals surface area (Å²) in [5.41, 5.74) is 0.286. The zero-order chi connectivity index (χ0) is 14.5. The van der Waals surface area contributed by atoms with Gasteiger partial charge in [0.25, 0.3) is 0 Å². The quantitative estimate of drug-likeness (QED) is 0.876. The lowest BCUT2D eigenvalue weighted by Gasteiger charge is -2.12. The summed E-state index contributed by atoms with van der Waals surface area (Å²) < 4.78 is 19.4. The van der Waals surface area contributed by atoms with Gasteiger partial charge in [-0.2, -0.15) is 0 Å². The van der Waals surface area contributed by atoms with Crippen molar-refractivity contribution in [1.82, 2.24) is 5.32 Å². The van der Waals surface area contributed by atoms with Crippen molar-refractivity contribution in [2.24, 2.45) is 0 Å². The van der Waals surface area contributed by atoms with Crippen LogP contribution in [0.25, 0.3) is 0 Å². The number of furan rings is 1. The third-order valence-corrected chi connectivity index (χ3v) is 3.21. The minimum absolute atomic E-state index is 0.0103. The highest BCUT2D eigenvalue weighted by Crippen LogP contribution is 2.19. The van der Waals surface area contributed by atoms with E-state index in [-0.39, 0.29) is 24.2 Å². The van der Waals surface area contributed by atoms with Gasteiger partial charge in [0.15, 0.2) is 0 Å². The molecule has 0 saturated carbocycles. The van der Waals surface area contributed by atoms with E-state index in [1.807, 2.05) is 6.92 Å². The highest BCUT2D eigenvalue weighted by Gasteiger charge is 2.12. The topological polar surface area (TPSA) is 54.3 Å². The van der Waals surface area contributed by atoms with Crippen molar-refractivity contribution in [1.29, 1.82) is 0 Å². The van der Waals surface area contributed by atoms with E-state index in [9.17, 15) is 9.18 Å². The number of anilines is 1. The highest BCUT2D eigenvalue weighted by atomic mass is 79.9. The van der Waals surface area contributed by atoms with Crippen LogP contribution in [0.1, 0.15) is 18.7 Å². The maximum atomic E-state index is 13.5. The van der Waals surface area contributed by atoms with Crippen LogP contribution in [0.3, 0.4) is 0 Å². The predicted octanol–water partition coefficient (Wildman–Crippen LogP) is 3.47. The Morgan fingerprint density at radius 2 is 2.25 bits per heavy atom. The van der Waals surface area contributed by atoms with Crippen LogP contribution in [0.4, 0.5) is 10.1 Å². The fraction of sp³-hybridized carbons (Fsp3) is 0.214. The van der Waals surface area contributed by atoms with Gasteiger partial charge in [0, 0.05) is 4.47 Å². The van der Waals surface area contributed by atoms with Gasteiger partial charge in [0.2, 0.25) is 5.91 Å². The summed E-state index contributed by atoms with van der Waals surface area (Å²) in [6, 6.07) is 7.93. The van der Waals surface area contributed by atoms with Crippen molar-refractivity contribution in [2.75, 3.05) is 11.9 Å². The third-order valence-electron chi connectivity index (χ3n) is 2.72. The number of benzene rings is 1. The third kappa shape index (κ3) is 3.84. The van der Waals surface area contributed by atoms with E-state index in [1.54, 1.807) is 30.5 Å². The van der Waals surface area contributed by atoms with Gasteiger partial charge < -0.3 is 15.1 Å². The van der Waals surface area contributed by atoms with Gasteiger partial charge in [-0.25, -0.2) is 4.39 Å². The van der Waals surface area contributed by atoms with Crippen LogP contribution in [-0.2, 0) is 4.79 Å². The molecular formula is C14H14BrFN2O2. The van der Waals surface area contributed by atoms with Gasteiger partial charge in [-0.3, -0.25) is 4.79 Å². The number of amides is 1. The molecule has 1 heterocycles. The van der Waals surface area contributed by atoms with Crippen LogP contribution in [0, 0.1) is 5.82 Å². The van der Waals surface area contributed by atoms with E-state index in [0.717, 1.165) is 0 Å². The second kappa shape index (κ2) is 6.56. The summed E-state index contributed by atoms with van der Waals surface area (Å²) in [5, 5.41) is 5.51. The average molecular weight is 341 g/mol. The van der Waals surface area contributed by atoms with E-state index < -0.39 is 5.82 Å². The smallest absolute Gasteiger partial charge is 0.239 e. The number of hydrogen-bond donors (Lipinski definition) is 2. The van der Waals surface area contributed by atoms with Crippen LogP contribution < -0.4 is 10.6 Å². The molecule has 106 valence electrons. The Bertz CT molecular complexity index is 587. The summed E-state index contributed by atoms with van der Waals surface area (Å²) in [4.78, 5) is 11.8. The van der Waals surface area contributed by atoms with E-state index in [2.05, 4.69) is 26.6 Å². The Labute approximate surface area is 124 Å². The number of nitrogens with one attached hydrogen (secondary N) is 2. The zero-order valence-electron chi connectivity index (χ0n) is 10.8. The van der Waals surface area contributed by atoms with Crippen LogP contribution >= 0.6 is 15.9 Å². The van der Waals surface area contributed by atoms with Crippen molar-refractivity contribution in [3.63, 3.8) is 0 Å². The molecule has 0 aliphatic heterocycles. The molecule has 20 heavy (non-hydrogen) atoms. The lowest BCUT2D eigenvalue weighted by atomic mass is 10.2. The number of halogens is 2. The summed E-state index contributed by atoms with van der Waals surface area (Å²) in [6.45, 7) is 1.81. The van der Waals surface area contributed by atoms with Crippen molar-refractivity contribution < 1.29 is 13.6 Å². The Kier molecular flexibility index (Phi) is 4.79. The Hall–Kier alpha value is -1.82. The van der Waals surface area contributed by atoms with Crippen molar-refractivity contribution in [2.45, 2.75) is 13.0 Å². The fourth-order valence-corrected chi connectivity index (χ4v) is 2.04. The minimum Gasteiger partial charge on any atom is -0.467 e. The number of carbonyl (C=O) groups is 1. The number of hydrogen-bond acceptors (Lipinski definition) is 3. The lowest BCUT2D eigenvalue weighted by molar-refractivity contribution is -0.120. The molecule has 1 aromatic carbocycles. The molecule has 1 aromatic heterocycles. The molecule has 1 atom stereocenters. The van der Waals surface area contributed by atoms with Crippen molar-refractivity contribution in [3.8, 4) is 0 Å². The zero-order valence-corrected chi connectivity index (χ0v) is 12.4. The molecule has 0 spiro atoms. The SMILES string of the molecule is CC(NC(=O)CNc1ccc(Br)cc1F)c1ccco1. The van der Waals surface area contributed by atoms with Gasteiger partial charge in [-0.1, -0.05) is 15.9 Å². The molecule has 4 nitrogen and oxygen atoms in total. The molecule has 2 rings (SSSR count). The molecule has 1 amide bonds. The van der Waals surface area contributed by atoms with Gasteiger partial charge >= 0.3 is 0 Å². The normalized spacial score (nSPS) is 11.9. The standard InChI is InChI=1S/C14H14BrFN2O2/c1-9(13-3-2-6-20-13)18-14(19)8-17-12-5-4-10(15)7-11(12)16/h2-7,9,17H,8H2,1H3,(H,18,19). The van der Waals surface area contributed by atoms with E-state index in [0.29, 0.717) is 10.2 Å². The molecule has 0 aliphatic carbocycles. The van der Waals surface area contributed by atoms with Crippen molar-refractivity contribution >= 4 is 27.5 Å². The molecule has 1 unspecified atom stereocenters. The van der Waals surface area contributed by atoms with Crippen LogP contribution in [-0.4, -0.2) is 12.5 Å². The second-order valence-corrected chi connectivity index (χ2v) is 5.20. The molecular weight excluding hydrogens is 327 g/mol. The first kappa shape index (κ1) is 14.6. The largest absolute Gasteiger partial charge is 0.467 e. The molecule has 6 heteroatoms. The first-order chi connectivity index (χ1) is 9.56. The van der Waals surface area contributed by atoms with Gasteiger partial charge in [-0.15, -0.1) is 0 Å². The summed E-state index contributed by atoms with van der Waals surface area (Å²) in [5.74, 6) is 0.0237. The maximum absolute atomic E-state index is 13.5. The van der Waals surface area contributed by atoms with Gasteiger partial charge in [0.05, 0.1) is 24.5 Å². The van der Waals surface area contributed by atoms with E-state index >= 15 is 0 Å². The second-order valence-electron chi connectivity index (χ2n) is 4.28. The monoisotopic (exact) mass is 340 g/mol. The molecule has 2 N–H and O–H groups in total. The summed E-state index contributed by atoms with van der Waals surface area (Å²) >= 11 is 3.17. The molecule has 0 saturated heterocycles. The number of carbonyl (C=O) groups excluding carboxylic acids is 1. The summed E-state index contributed by atoms with van der Waals surface area (Å²) in [7, 11) is 0. The molecule has 0 bridgehead atoms. The first-order valence-electron chi connectivity index (χ1n) is 6.08. The lowest BCUT2D eigenvalue weighted by Crippen LogP contribution is -2.32. The molecule has 0 fully saturated rings.